The van der Waals surface area contributed by atoms with E-state index in [-0.39, 0.29) is 17.2 Å². The first-order valence-corrected chi connectivity index (χ1v) is 5.38. The zero-order chi connectivity index (χ0) is 13.0. The van der Waals surface area contributed by atoms with Crippen molar-refractivity contribution in [2.75, 3.05) is 13.0 Å². The SMILES string of the molecule is COc1cc(C(=O)O)ccc1C(O)C(O)CCl. The van der Waals surface area contributed by atoms with Gasteiger partial charge in [0.25, 0.3) is 0 Å². The summed E-state index contributed by atoms with van der Waals surface area (Å²) in [6.45, 7) is 0. The average molecular weight is 261 g/mol. The highest BCUT2D eigenvalue weighted by molar-refractivity contribution is 6.18. The summed E-state index contributed by atoms with van der Waals surface area (Å²) in [6, 6.07) is 3.99. The maximum atomic E-state index is 10.8. The Morgan fingerprint density at radius 1 is 1.47 bits per heavy atom. The van der Waals surface area contributed by atoms with Crippen molar-refractivity contribution in [2.24, 2.45) is 0 Å². The number of methoxy groups -OCH3 is 1. The van der Waals surface area contributed by atoms with Crippen LogP contribution in [0.2, 0.25) is 0 Å². The normalized spacial score (nSPS) is 14.1. The van der Waals surface area contributed by atoms with Crippen molar-refractivity contribution >= 4 is 17.6 Å². The minimum Gasteiger partial charge on any atom is -0.496 e. The molecule has 0 aliphatic rings. The van der Waals surface area contributed by atoms with Gasteiger partial charge in [0, 0.05) is 5.56 Å². The largest absolute Gasteiger partial charge is 0.496 e. The number of hydrogen-bond acceptors (Lipinski definition) is 4. The molecule has 0 amide bonds. The Bertz CT molecular complexity index is 407. The van der Waals surface area contributed by atoms with Gasteiger partial charge in [-0.25, -0.2) is 4.79 Å². The monoisotopic (exact) mass is 260 g/mol. The Labute approximate surface area is 103 Å². The molecule has 17 heavy (non-hydrogen) atoms. The summed E-state index contributed by atoms with van der Waals surface area (Å²) in [6.07, 6.45) is -2.36. The number of alkyl halides is 1. The van der Waals surface area contributed by atoms with Crippen molar-refractivity contribution < 1.29 is 24.9 Å². The standard InChI is InChI=1S/C11H13ClO5/c1-17-9-4-6(11(15)16)2-3-7(9)10(14)8(13)5-12/h2-4,8,10,13-14H,5H2,1H3,(H,15,16). The summed E-state index contributed by atoms with van der Waals surface area (Å²) in [5, 5.41) is 28.0. The van der Waals surface area contributed by atoms with Gasteiger partial charge >= 0.3 is 5.97 Å². The molecule has 2 atom stereocenters. The summed E-state index contributed by atoms with van der Waals surface area (Å²) in [7, 11) is 1.35. The number of rotatable bonds is 5. The number of halogens is 1. The maximum Gasteiger partial charge on any atom is 0.335 e. The molecule has 0 bridgehead atoms. The van der Waals surface area contributed by atoms with Crippen LogP contribution in [-0.2, 0) is 0 Å². The topological polar surface area (TPSA) is 87.0 Å². The quantitative estimate of drug-likeness (QED) is 0.688. The van der Waals surface area contributed by atoms with Crippen LogP contribution in [0.15, 0.2) is 18.2 Å². The fourth-order valence-electron chi connectivity index (χ4n) is 1.38. The minimum absolute atomic E-state index is 0.0400. The van der Waals surface area contributed by atoms with Gasteiger partial charge in [-0.15, -0.1) is 11.6 Å². The van der Waals surface area contributed by atoms with Gasteiger partial charge in [0.2, 0.25) is 0 Å². The maximum absolute atomic E-state index is 10.8. The van der Waals surface area contributed by atoms with Crippen LogP contribution in [0.5, 0.6) is 5.75 Å². The highest BCUT2D eigenvalue weighted by Crippen LogP contribution is 2.28. The number of aliphatic hydroxyl groups excluding tert-OH is 2. The van der Waals surface area contributed by atoms with Crippen molar-refractivity contribution in [3.63, 3.8) is 0 Å². The van der Waals surface area contributed by atoms with E-state index in [0.29, 0.717) is 5.56 Å². The number of carboxylic acids is 1. The second-order valence-corrected chi connectivity index (χ2v) is 3.74. The molecule has 0 saturated carbocycles. The molecule has 0 spiro atoms. The minimum atomic E-state index is -1.22. The first kappa shape index (κ1) is 13.8. The molecule has 0 heterocycles. The lowest BCUT2D eigenvalue weighted by Crippen LogP contribution is -2.20. The van der Waals surface area contributed by atoms with Gasteiger partial charge in [0.05, 0.1) is 24.7 Å². The molecule has 1 rings (SSSR count). The molecule has 3 N–H and O–H groups in total. The third kappa shape index (κ3) is 3.09. The van der Waals surface area contributed by atoms with Gasteiger partial charge in [-0.05, 0) is 12.1 Å². The molecule has 0 aromatic heterocycles. The van der Waals surface area contributed by atoms with Gasteiger partial charge in [-0.2, -0.15) is 0 Å². The van der Waals surface area contributed by atoms with Crippen molar-refractivity contribution in [1.82, 2.24) is 0 Å². The Hall–Kier alpha value is -1.30. The van der Waals surface area contributed by atoms with E-state index in [1.165, 1.54) is 25.3 Å². The summed E-state index contributed by atoms with van der Waals surface area (Å²) < 4.78 is 4.97. The van der Waals surface area contributed by atoms with Crippen molar-refractivity contribution in [3.8, 4) is 5.75 Å². The number of ether oxygens (including phenoxy) is 1. The third-order valence-electron chi connectivity index (χ3n) is 2.32. The molecule has 1 aromatic carbocycles. The molecule has 0 aliphatic carbocycles. The average Bonchev–Trinajstić information content (AvgIpc) is 2.35. The predicted molar refractivity (Wildman–Crippen MR) is 61.6 cm³/mol. The first-order chi connectivity index (χ1) is 8.01. The molecule has 6 heteroatoms. The van der Waals surface area contributed by atoms with Crippen LogP contribution in [0.1, 0.15) is 22.0 Å². The zero-order valence-electron chi connectivity index (χ0n) is 9.13. The van der Waals surface area contributed by atoms with E-state index < -0.39 is 18.2 Å². The van der Waals surface area contributed by atoms with Gasteiger partial charge in [0.1, 0.15) is 11.9 Å². The molecular formula is C11H13ClO5. The fraction of sp³-hybridized carbons (Fsp3) is 0.364. The first-order valence-electron chi connectivity index (χ1n) is 4.84. The summed E-state index contributed by atoms with van der Waals surface area (Å²) >= 11 is 5.43. The highest BCUT2D eigenvalue weighted by Gasteiger charge is 2.21. The summed E-state index contributed by atoms with van der Waals surface area (Å²) in [5.74, 6) is -1.03. The van der Waals surface area contributed by atoms with Gasteiger partial charge < -0.3 is 20.1 Å². The predicted octanol–water partition coefficient (Wildman–Crippen LogP) is 1.03. The number of benzene rings is 1. The highest BCUT2D eigenvalue weighted by atomic mass is 35.5. The molecule has 2 unspecified atom stereocenters. The Morgan fingerprint density at radius 2 is 2.12 bits per heavy atom. The Kier molecular flexibility index (Phi) is 4.74. The lowest BCUT2D eigenvalue weighted by atomic mass is 10.0. The molecule has 94 valence electrons. The van der Waals surface area contributed by atoms with Crippen LogP contribution in [0, 0.1) is 0 Å². The van der Waals surface area contributed by atoms with Gasteiger partial charge in [0.15, 0.2) is 0 Å². The molecule has 0 fully saturated rings. The van der Waals surface area contributed by atoms with E-state index in [4.69, 9.17) is 21.4 Å². The summed E-state index contributed by atoms with van der Waals surface area (Å²) in [4.78, 5) is 10.8. The van der Waals surface area contributed by atoms with E-state index in [1.54, 1.807) is 0 Å². The van der Waals surface area contributed by atoms with E-state index in [0.717, 1.165) is 0 Å². The Morgan fingerprint density at radius 3 is 2.59 bits per heavy atom. The Balaban J connectivity index is 3.12. The van der Waals surface area contributed by atoms with E-state index in [1.807, 2.05) is 0 Å². The van der Waals surface area contributed by atoms with Crippen LogP contribution in [0.3, 0.4) is 0 Å². The lowest BCUT2D eigenvalue weighted by molar-refractivity contribution is 0.0312. The van der Waals surface area contributed by atoms with Gasteiger partial charge in [-0.3, -0.25) is 0 Å². The number of aliphatic hydroxyl groups is 2. The molecule has 0 saturated heterocycles. The number of hydrogen-bond donors (Lipinski definition) is 3. The smallest absolute Gasteiger partial charge is 0.335 e. The van der Waals surface area contributed by atoms with Crippen LogP contribution in [0.25, 0.3) is 0 Å². The fourth-order valence-corrected chi connectivity index (χ4v) is 1.55. The van der Waals surface area contributed by atoms with Crippen LogP contribution >= 0.6 is 11.6 Å². The number of aromatic carboxylic acids is 1. The second-order valence-electron chi connectivity index (χ2n) is 3.43. The molecule has 1 aromatic rings. The second kappa shape index (κ2) is 5.86. The lowest BCUT2D eigenvalue weighted by Gasteiger charge is -2.18. The molecular weight excluding hydrogens is 248 g/mol. The van der Waals surface area contributed by atoms with E-state index in [2.05, 4.69) is 0 Å². The molecule has 0 aliphatic heterocycles. The van der Waals surface area contributed by atoms with Gasteiger partial charge in [-0.1, -0.05) is 6.07 Å². The van der Waals surface area contributed by atoms with E-state index in [9.17, 15) is 15.0 Å². The number of carboxylic acid groups (broad SMARTS) is 1. The zero-order valence-corrected chi connectivity index (χ0v) is 9.89. The summed E-state index contributed by atoms with van der Waals surface area (Å²) in [5.41, 5.74) is 0.337. The number of carbonyl (C=O) groups is 1. The van der Waals surface area contributed by atoms with Crippen LogP contribution < -0.4 is 4.74 Å². The molecule has 0 radical (unpaired) electrons. The van der Waals surface area contributed by atoms with Crippen LogP contribution in [0.4, 0.5) is 0 Å². The van der Waals surface area contributed by atoms with Crippen LogP contribution in [-0.4, -0.2) is 40.4 Å². The van der Waals surface area contributed by atoms with Crippen molar-refractivity contribution in [3.05, 3.63) is 29.3 Å². The van der Waals surface area contributed by atoms with Crippen molar-refractivity contribution in [2.45, 2.75) is 12.2 Å². The molecule has 5 nitrogen and oxygen atoms in total. The van der Waals surface area contributed by atoms with E-state index >= 15 is 0 Å². The van der Waals surface area contributed by atoms with Crippen molar-refractivity contribution in [1.29, 1.82) is 0 Å². The third-order valence-corrected chi connectivity index (χ3v) is 2.64.